The lowest BCUT2D eigenvalue weighted by Crippen LogP contribution is -2.31. The summed E-state index contributed by atoms with van der Waals surface area (Å²) in [4.78, 5) is 8.51. The van der Waals surface area contributed by atoms with Crippen LogP contribution in [0.15, 0.2) is 22.7 Å². The van der Waals surface area contributed by atoms with Gasteiger partial charge >= 0.3 is 0 Å². The van der Waals surface area contributed by atoms with Crippen molar-refractivity contribution in [2.75, 3.05) is 6.54 Å². The molecule has 0 aliphatic carbocycles. The molecule has 2 aromatic rings. The number of aromatic nitrogens is 2. The summed E-state index contributed by atoms with van der Waals surface area (Å²) in [5.74, 6) is 0.682. The van der Waals surface area contributed by atoms with Gasteiger partial charge in [-0.1, -0.05) is 6.92 Å². The van der Waals surface area contributed by atoms with Crippen molar-refractivity contribution >= 4 is 11.2 Å². The van der Waals surface area contributed by atoms with Crippen LogP contribution in [0.1, 0.15) is 26.2 Å². The molecule has 0 aliphatic heterocycles. The molecule has 0 spiro atoms. The van der Waals surface area contributed by atoms with Gasteiger partial charge in [-0.15, -0.1) is 0 Å². The van der Waals surface area contributed by atoms with Gasteiger partial charge in [0.2, 0.25) is 5.89 Å². The normalized spacial score (nSPS) is 15.4. The van der Waals surface area contributed by atoms with Crippen LogP contribution in [0.2, 0.25) is 0 Å². The highest BCUT2D eigenvalue weighted by molar-refractivity contribution is 5.67. The first-order valence-corrected chi connectivity index (χ1v) is 5.12. The lowest BCUT2D eigenvalue weighted by atomic mass is 9.88. The van der Waals surface area contributed by atoms with Crippen molar-refractivity contribution in [3.8, 4) is 0 Å². The zero-order valence-corrected chi connectivity index (χ0v) is 9.03. The molecule has 0 fully saturated rings. The second-order valence-corrected chi connectivity index (χ2v) is 3.96. The topological polar surface area (TPSA) is 64.9 Å². The Morgan fingerprint density at radius 2 is 2.33 bits per heavy atom. The van der Waals surface area contributed by atoms with Crippen LogP contribution in [0.5, 0.6) is 0 Å². The highest BCUT2D eigenvalue weighted by Crippen LogP contribution is 2.27. The van der Waals surface area contributed by atoms with E-state index >= 15 is 0 Å². The molecular formula is C11H15N3O. The minimum Gasteiger partial charge on any atom is -0.438 e. The fraction of sp³-hybridized carbons (Fsp3) is 0.455. The Balaban J connectivity index is 2.52. The van der Waals surface area contributed by atoms with Crippen molar-refractivity contribution in [1.82, 2.24) is 9.97 Å². The molecule has 2 rings (SSSR count). The zero-order chi connectivity index (χ0) is 10.9. The second-order valence-electron chi connectivity index (χ2n) is 3.96. The van der Waals surface area contributed by atoms with Crippen LogP contribution in [0.4, 0.5) is 0 Å². The molecule has 0 saturated heterocycles. The quantitative estimate of drug-likeness (QED) is 0.830. The highest BCUT2D eigenvalue weighted by Gasteiger charge is 2.28. The molecule has 2 N–H and O–H groups in total. The fourth-order valence-corrected chi connectivity index (χ4v) is 1.41. The van der Waals surface area contributed by atoms with Gasteiger partial charge in [-0.25, -0.2) is 4.98 Å². The van der Waals surface area contributed by atoms with Crippen molar-refractivity contribution in [2.24, 2.45) is 5.73 Å². The van der Waals surface area contributed by atoms with Gasteiger partial charge in [0.25, 0.3) is 0 Å². The number of nitrogens with two attached hydrogens (primary N) is 1. The maximum absolute atomic E-state index is 5.75. The first-order valence-electron chi connectivity index (χ1n) is 5.12. The van der Waals surface area contributed by atoms with Gasteiger partial charge in [-0.2, -0.15) is 4.98 Å². The first kappa shape index (κ1) is 10.1. The van der Waals surface area contributed by atoms with Crippen LogP contribution in [0, 0.1) is 0 Å². The molecule has 0 saturated carbocycles. The SMILES string of the molecule is CCC(C)(CN)c1nc2ncccc2o1. The maximum Gasteiger partial charge on any atom is 0.204 e. The van der Waals surface area contributed by atoms with Gasteiger partial charge in [0.15, 0.2) is 11.2 Å². The van der Waals surface area contributed by atoms with Crippen molar-refractivity contribution in [1.29, 1.82) is 0 Å². The van der Waals surface area contributed by atoms with E-state index in [9.17, 15) is 0 Å². The lowest BCUT2D eigenvalue weighted by Gasteiger charge is -2.21. The zero-order valence-electron chi connectivity index (χ0n) is 9.03. The number of hydrogen-bond acceptors (Lipinski definition) is 4. The van der Waals surface area contributed by atoms with E-state index in [0.717, 1.165) is 12.0 Å². The molecule has 4 heteroatoms. The fourth-order valence-electron chi connectivity index (χ4n) is 1.41. The van der Waals surface area contributed by atoms with Gasteiger partial charge in [0.05, 0.1) is 5.41 Å². The van der Waals surface area contributed by atoms with Gasteiger partial charge in [0, 0.05) is 12.7 Å². The van der Waals surface area contributed by atoms with E-state index in [1.807, 2.05) is 12.1 Å². The summed E-state index contributed by atoms with van der Waals surface area (Å²) in [6.45, 7) is 4.66. The van der Waals surface area contributed by atoms with E-state index in [1.54, 1.807) is 6.20 Å². The monoisotopic (exact) mass is 205 g/mol. The van der Waals surface area contributed by atoms with Crippen LogP contribution < -0.4 is 5.73 Å². The van der Waals surface area contributed by atoms with Gasteiger partial charge in [0.1, 0.15) is 0 Å². The molecule has 0 radical (unpaired) electrons. The van der Waals surface area contributed by atoms with Gasteiger partial charge in [-0.3, -0.25) is 0 Å². The molecule has 0 aromatic carbocycles. The Kier molecular flexibility index (Phi) is 2.44. The number of nitrogens with zero attached hydrogens (tertiary/aromatic N) is 2. The molecule has 1 atom stereocenters. The van der Waals surface area contributed by atoms with Crippen LogP contribution in [-0.4, -0.2) is 16.5 Å². The number of hydrogen-bond donors (Lipinski definition) is 1. The van der Waals surface area contributed by atoms with Crippen molar-refractivity contribution < 1.29 is 4.42 Å². The third-order valence-corrected chi connectivity index (χ3v) is 2.91. The molecule has 4 nitrogen and oxygen atoms in total. The summed E-state index contributed by atoms with van der Waals surface area (Å²) < 4.78 is 5.66. The van der Waals surface area contributed by atoms with Crippen LogP contribution in [0.3, 0.4) is 0 Å². The molecule has 2 aromatic heterocycles. The predicted molar refractivity (Wildman–Crippen MR) is 58.5 cm³/mol. The van der Waals surface area contributed by atoms with Gasteiger partial charge < -0.3 is 10.2 Å². The summed E-state index contributed by atoms with van der Waals surface area (Å²) in [6.07, 6.45) is 2.61. The average molecular weight is 205 g/mol. The molecule has 0 amide bonds. The number of pyridine rings is 1. The van der Waals surface area contributed by atoms with E-state index in [4.69, 9.17) is 10.2 Å². The second kappa shape index (κ2) is 3.62. The van der Waals surface area contributed by atoms with Crippen molar-refractivity contribution in [3.63, 3.8) is 0 Å². The summed E-state index contributed by atoms with van der Waals surface area (Å²) in [5, 5.41) is 0. The van der Waals surface area contributed by atoms with Crippen LogP contribution >= 0.6 is 0 Å². The van der Waals surface area contributed by atoms with E-state index in [1.165, 1.54) is 0 Å². The third-order valence-electron chi connectivity index (χ3n) is 2.91. The standard InChI is InChI=1S/C11H15N3O/c1-3-11(2,7-12)10-14-9-8(15-10)5-4-6-13-9/h4-6H,3,7,12H2,1-2H3. The molecule has 0 aliphatic rings. The lowest BCUT2D eigenvalue weighted by molar-refractivity contribution is 0.354. The average Bonchev–Trinajstić information content (AvgIpc) is 2.72. The Labute approximate surface area is 88.5 Å². The first-order chi connectivity index (χ1) is 7.19. The highest BCUT2D eigenvalue weighted by atomic mass is 16.3. The molecular weight excluding hydrogens is 190 g/mol. The number of oxazole rings is 1. The largest absolute Gasteiger partial charge is 0.438 e. The minimum atomic E-state index is -0.194. The van der Waals surface area contributed by atoms with Crippen molar-refractivity contribution in [2.45, 2.75) is 25.7 Å². The Morgan fingerprint density at radius 1 is 1.53 bits per heavy atom. The summed E-state index contributed by atoms with van der Waals surface area (Å²) in [6, 6.07) is 3.70. The molecule has 0 bridgehead atoms. The molecule has 80 valence electrons. The Morgan fingerprint density at radius 3 is 2.93 bits per heavy atom. The summed E-state index contributed by atoms with van der Waals surface area (Å²) in [7, 11) is 0. The number of fused-ring (bicyclic) bond motifs is 1. The molecule has 1 unspecified atom stereocenters. The van der Waals surface area contributed by atoms with Crippen LogP contribution in [-0.2, 0) is 5.41 Å². The van der Waals surface area contributed by atoms with E-state index in [0.29, 0.717) is 18.1 Å². The summed E-state index contributed by atoms with van der Waals surface area (Å²) in [5.41, 5.74) is 6.93. The van der Waals surface area contributed by atoms with Gasteiger partial charge in [-0.05, 0) is 25.5 Å². The Bertz CT molecular complexity index is 427. The molecule has 2 heterocycles. The van der Waals surface area contributed by atoms with E-state index < -0.39 is 0 Å². The maximum atomic E-state index is 5.75. The third kappa shape index (κ3) is 1.61. The molecule has 15 heavy (non-hydrogen) atoms. The van der Waals surface area contributed by atoms with Crippen molar-refractivity contribution in [3.05, 3.63) is 24.2 Å². The predicted octanol–water partition coefficient (Wildman–Crippen LogP) is 1.85. The van der Waals surface area contributed by atoms with E-state index in [2.05, 4.69) is 23.8 Å². The minimum absolute atomic E-state index is 0.194. The van der Waals surface area contributed by atoms with E-state index in [-0.39, 0.29) is 5.41 Å². The Hall–Kier alpha value is -1.42. The summed E-state index contributed by atoms with van der Waals surface area (Å²) >= 11 is 0. The smallest absolute Gasteiger partial charge is 0.204 e. The number of rotatable bonds is 3. The van der Waals surface area contributed by atoms with Crippen LogP contribution in [0.25, 0.3) is 11.2 Å².